The van der Waals surface area contributed by atoms with Gasteiger partial charge in [0.25, 0.3) is 0 Å². The molecule has 0 aromatic carbocycles. The predicted octanol–water partition coefficient (Wildman–Crippen LogP) is 2.13. The van der Waals surface area contributed by atoms with Crippen molar-refractivity contribution in [3.8, 4) is 0 Å². The Morgan fingerprint density at radius 1 is 1.50 bits per heavy atom. The van der Waals surface area contributed by atoms with Gasteiger partial charge in [0.2, 0.25) is 0 Å². The summed E-state index contributed by atoms with van der Waals surface area (Å²) in [7, 11) is 0. The zero-order valence-corrected chi connectivity index (χ0v) is 9.86. The summed E-state index contributed by atoms with van der Waals surface area (Å²) >= 11 is 1.78. The minimum atomic E-state index is 0.631. The Morgan fingerprint density at radius 3 is 2.86 bits per heavy atom. The first-order chi connectivity index (χ1) is 6.74. The SMILES string of the molecule is Cc1cscc1CNCCC(C)CN. The first-order valence-corrected chi connectivity index (χ1v) is 6.10. The van der Waals surface area contributed by atoms with Crippen LogP contribution in [0.4, 0.5) is 0 Å². The van der Waals surface area contributed by atoms with E-state index >= 15 is 0 Å². The van der Waals surface area contributed by atoms with Crippen molar-refractivity contribution < 1.29 is 0 Å². The average molecular weight is 212 g/mol. The van der Waals surface area contributed by atoms with Crippen LogP contribution in [0.15, 0.2) is 10.8 Å². The summed E-state index contributed by atoms with van der Waals surface area (Å²) < 4.78 is 0. The van der Waals surface area contributed by atoms with Crippen molar-refractivity contribution >= 4 is 11.3 Å². The van der Waals surface area contributed by atoms with E-state index in [9.17, 15) is 0 Å². The molecule has 14 heavy (non-hydrogen) atoms. The Morgan fingerprint density at radius 2 is 2.29 bits per heavy atom. The maximum atomic E-state index is 5.55. The summed E-state index contributed by atoms with van der Waals surface area (Å²) in [5.41, 5.74) is 8.37. The molecule has 80 valence electrons. The molecule has 0 fully saturated rings. The van der Waals surface area contributed by atoms with Crippen molar-refractivity contribution in [3.63, 3.8) is 0 Å². The van der Waals surface area contributed by atoms with E-state index in [4.69, 9.17) is 5.73 Å². The van der Waals surface area contributed by atoms with Crippen LogP contribution >= 0.6 is 11.3 Å². The highest BCUT2D eigenvalue weighted by Gasteiger charge is 2.00. The molecule has 0 amide bonds. The van der Waals surface area contributed by atoms with Gasteiger partial charge in [0.15, 0.2) is 0 Å². The maximum absolute atomic E-state index is 5.55. The Kier molecular flexibility index (Phi) is 5.15. The second-order valence-electron chi connectivity index (χ2n) is 3.89. The molecule has 0 bridgehead atoms. The molecule has 3 N–H and O–H groups in total. The second-order valence-corrected chi connectivity index (χ2v) is 4.63. The predicted molar refractivity (Wildman–Crippen MR) is 63.6 cm³/mol. The molecular formula is C11H20N2S. The van der Waals surface area contributed by atoms with Crippen LogP contribution in [0.25, 0.3) is 0 Å². The molecule has 0 spiro atoms. The summed E-state index contributed by atoms with van der Waals surface area (Å²) in [6.45, 7) is 7.20. The van der Waals surface area contributed by atoms with Crippen molar-refractivity contribution in [3.05, 3.63) is 21.9 Å². The number of rotatable bonds is 6. The molecule has 1 atom stereocenters. The Bertz CT molecular complexity index is 258. The van der Waals surface area contributed by atoms with Crippen LogP contribution in [0.3, 0.4) is 0 Å². The van der Waals surface area contributed by atoms with Gasteiger partial charge in [-0.15, -0.1) is 0 Å². The monoisotopic (exact) mass is 212 g/mol. The number of hydrogen-bond donors (Lipinski definition) is 2. The number of hydrogen-bond acceptors (Lipinski definition) is 3. The van der Waals surface area contributed by atoms with Crippen LogP contribution in [0.5, 0.6) is 0 Å². The first kappa shape index (κ1) is 11.7. The molecule has 1 aromatic rings. The van der Waals surface area contributed by atoms with Crippen LogP contribution in [0, 0.1) is 12.8 Å². The van der Waals surface area contributed by atoms with Crippen LogP contribution < -0.4 is 11.1 Å². The third-order valence-electron chi connectivity index (χ3n) is 2.49. The number of nitrogens with one attached hydrogen (secondary N) is 1. The third-order valence-corrected chi connectivity index (χ3v) is 3.40. The molecule has 0 aliphatic carbocycles. The Balaban J connectivity index is 2.13. The van der Waals surface area contributed by atoms with E-state index in [1.54, 1.807) is 11.3 Å². The molecule has 1 aromatic heterocycles. The zero-order chi connectivity index (χ0) is 10.4. The van der Waals surface area contributed by atoms with Gasteiger partial charge in [-0.2, -0.15) is 11.3 Å². The lowest BCUT2D eigenvalue weighted by Crippen LogP contribution is -2.20. The molecule has 0 radical (unpaired) electrons. The van der Waals surface area contributed by atoms with Crippen LogP contribution in [0.1, 0.15) is 24.5 Å². The van der Waals surface area contributed by atoms with E-state index in [1.807, 2.05) is 0 Å². The topological polar surface area (TPSA) is 38.0 Å². The van der Waals surface area contributed by atoms with Gasteiger partial charge in [0.05, 0.1) is 0 Å². The summed E-state index contributed by atoms with van der Waals surface area (Å²) in [4.78, 5) is 0. The molecule has 1 heterocycles. The Labute approximate surface area is 90.5 Å². The lowest BCUT2D eigenvalue weighted by Gasteiger charge is -2.08. The lowest BCUT2D eigenvalue weighted by atomic mass is 10.1. The van der Waals surface area contributed by atoms with E-state index in [1.165, 1.54) is 17.5 Å². The molecule has 1 rings (SSSR count). The molecule has 2 nitrogen and oxygen atoms in total. The highest BCUT2D eigenvalue weighted by Crippen LogP contribution is 2.12. The van der Waals surface area contributed by atoms with Gasteiger partial charge >= 0.3 is 0 Å². The van der Waals surface area contributed by atoms with Gasteiger partial charge in [0, 0.05) is 6.54 Å². The van der Waals surface area contributed by atoms with E-state index in [0.717, 1.165) is 19.6 Å². The summed E-state index contributed by atoms with van der Waals surface area (Å²) in [6.07, 6.45) is 1.17. The summed E-state index contributed by atoms with van der Waals surface area (Å²) in [5, 5.41) is 7.86. The molecule has 0 saturated heterocycles. The van der Waals surface area contributed by atoms with Gasteiger partial charge in [0.1, 0.15) is 0 Å². The van der Waals surface area contributed by atoms with Gasteiger partial charge in [-0.25, -0.2) is 0 Å². The highest BCUT2D eigenvalue weighted by atomic mass is 32.1. The van der Waals surface area contributed by atoms with Crippen molar-refractivity contribution in [2.24, 2.45) is 11.7 Å². The van der Waals surface area contributed by atoms with Crippen molar-refractivity contribution in [2.45, 2.75) is 26.8 Å². The van der Waals surface area contributed by atoms with Gasteiger partial charge < -0.3 is 11.1 Å². The standard InChI is InChI=1S/C11H20N2S/c1-9(5-12)3-4-13-6-11-8-14-7-10(11)2/h7-9,13H,3-6,12H2,1-2H3. The molecule has 3 heteroatoms. The average Bonchev–Trinajstić information content (AvgIpc) is 2.58. The van der Waals surface area contributed by atoms with Gasteiger partial charge in [-0.3, -0.25) is 0 Å². The third kappa shape index (κ3) is 3.78. The van der Waals surface area contributed by atoms with Gasteiger partial charge in [-0.05, 0) is 54.2 Å². The van der Waals surface area contributed by atoms with Crippen molar-refractivity contribution in [1.29, 1.82) is 0 Å². The van der Waals surface area contributed by atoms with Crippen LogP contribution in [-0.2, 0) is 6.54 Å². The van der Waals surface area contributed by atoms with E-state index in [0.29, 0.717) is 5.92 Å². The number of nitrogens with two attached hydrogens (primary N) is 1. The van der Waals surface area contributed by atoms with Gasteiger partial charge in [-0.1, -0.05) is 6.92 Å². The van der Waals surface area contributed by atoms with Crippen molar-refractivity contribution in [1.82, 2.24) is 5.32 Å². The lowest BCUT2D eigenvalue weighted by molar-refractivity contribution is 0.509. The minimum Gasteiger partial charge on any atom is -0.330 e. The summed E-state index contributed by atoms with van der Waals surface area (Å²) in [6, 6.07) is 0. The summed E-state index contributed by atoms with van der Waals surface area (Å²) in [5.74, 6) is 0.631. The van der Waals surface area contributed by atoms with Crippen molar-refractivity contribution in [2.75, 3.05) is 13.1 Å². The molecule has 0 aliphatic rings. The zero-order valence-electron chi connectivity index (χ0n) is 9.05. The largest absolute Gasteiger partial charge is 0.330 e. The highest BCUT2D eigenvalue weighted by molar-refractivity contribution is 7.08. The fourth-order valence-corrected chi connectivity index (χ4v) is 2.11. The smallest absolute Gasteiger partial charge is 0.0216 e. The fourth-order valence-electron chi connectivity index (χ4n) is 1.26. The van der Waals surface area contributed by atoms with E-state index < -0.39 is 0 Å². The van der Waals surface area contributed by atoms with Crippen LogP contribution in [0.2, 0.25) is 0 Å². The van der Waals surface area contributed by atoms with Crippen LogP contribution in [-0.4, -0.2) is 13.1 Å². The quantitative estimate of drug-likeness (QED) is 0.709. The molecule has 0 saturated carbocycles. The molecular weight excluding hydrogens is 192 g/mol. The number of aryl methyl sites for hydroxylation is 1. The minimum absolute atomic E-state index is 0.631. The van der Waals surface area contributed by atoms with E-state index in [-0.39, 0.29) is 0 Å². The molecule has 1 unspecified atom stereocenters. The Hall–Kier alpha value is -0.380. The van der Waals surface area contributed by atoms with E-state index in [2.05, 4.69) is 29.9 Å². The first-order valence-electron chi connectivity index (χ1n) is 5.16. The fraction of sp³-hybridized carbons (Fsp3) is 0.636. The normalized spacial score (nSPS) is 13.1. The maximum Gasteiger partial charge on any atom is 0.0216 e. The number of thiophene rings is 1. The molecule has 0 aliphatic heterocycles. The second kappa shape index (κ2) is 6.17.